The Labute approximate surface area is 126 Å². The number of aromatic nitrogens is 2. The number of carbonyl (C=O) groups excluding carboxylic acids is 1. The number of nitrogens with zero attached hydrogens (tertiary/aromatic N) is 4. The molecule has 0 aromatic carbocycles. The Bertz CT molecular complexity index is 514. The monoisotopic (exact) mass is 288 g/mol. The van der Waals surface area contributed by atoms with E-state index in [9.17, 15) is 4.79 Å². The van der Waals surface area contributed by atoms with Gasteiger partial charge in [0.2, 0.25) is 5.91 Å². The molecule has 0 aliphatic carbocycles. The molecule has 3 aliphatic rings. The van der Waals surface area contributed by atoms with Crippen LogP contribution in [0, 0.1) is 5.92 Å². The number of carbonyl (C=O) groups is 1. The predicted molar refractivity (Wildman–Crippen MR) is 80.7 cm³/mol. The number of amides is 1. The predicted octanol–water partition coefficient (Wildman–Crippen LogP) is 1.65. The van der Waals surface area contributed by atoms with Gasteiger partial charge in [-0.25, -0.2) is 9.97 Å². The maximum absolute atomic E-state index is 12.2. The van der Waals surface area contributed by atoms with Gasteiger partial charge in [-0.2, -0.15) is 0 Å². The Morgan fingerprint density at radius 2 is 1.95 bits per heavy atom. The number of piperidine rings is 1. The third kappa shape index (κ3) is 2.93. The van der Waals surface area contributed by atoms with Gasteiger partial charge in [-0.15, -0.1) is 0 Å². The van der Waals surface area contributed by atoms with Crippen LogP contribution in [0.25, 0.3) is 0 Å². The largest absolute Gasteiger partial charge is 0.341 e. The second kappa shape index (κ2) is 5.72. The summed E-state index contributed by atoms with van der Waals surface area (Å²) >= 11 is 0. The van der Waals surface area contributed by atoms with Crippen LogP contribution in [0.3, 0.4) is 0 Å². The molecular weight excluding hydrogens is 264 g/mol. The molecule has 2 atom stereocenters. The summed E-state index contributed by atoms with van der Waals surface area (Å²) < 4.78 is 0. The Hall–Kier alpha value is -1.49. The third-order valence-electron chi connectivity index (χ3n) is 4.69. The van der Waals surface area contributed by atoms with Gasteiger partial charge < -0.3 is 4.90 Å². The van der Waals surface area contributed by atoms with E-state index in [-0.39, 0.29) is 5.92 Å². The van der Waals surface area contributed by atoms with Gasteiger partial charge in [0.1, 0.15) is 5.82 Å². The number of hydrogen-bond acceptors (Lipinski definition) is 4. The molecule has 3 saturated heterocycles. The van der Waals surface area contributed by atoms with E-state index in [2.05, 4.69) is 28.7 Å². The van der Waals surface area contributed by atoms with E-state index in [0.717, 1.165) is 43.9 Å². The second-order valence-corrected chi connectivity index (χ2v) is 6.68. The lowest BCUT2D eigenvalue weighted by atomic mass is 9.95. The Balaban J connectivity index is 1.69. The molecule has 3 fully saturated rings. The van der Waals surface area contributed by atoms with Crippen LogP contribution in [-0.2, 0) is 11.3 Å². The normalized spacial score (nSPS) is 26.5. The van der Waals surface area contributed by atoms with Crippen LogP contribution in [0.15, 0.2) is 12.4 Å². The minimum absolute atomic E-state index is 0.171. The molecule has 3 aliphatic heterocycles. The van der Waals surface area contributed by atoms with Crippen LogP contribution in [0.5, 0.6) is 0 Å². The van der Waals surface area contributed by atoms with Gasteiger partial charge in [0, 0.05) is 56.6 Å². The van der Waals surface area contributed by atoms with Crippen molar-refractivity contribution in [3.63, 3.8) is 0 Å². The zero-order chi connectivity index (χ0) is 15.0. The molecule has 0 spiro atoms. The highest BCUT2D eigenvalue weighted by Gasteiger charge is 2.38. The maximum atomic E-state index is 12.2. The van der Waals surface area contributed by atoms with Crippen LogP contribution in [0.4, 0.5) is 0 Å². The number of hydrogen-bond donors (Lipinski definition) is 0. The average molecular weight is 288 g/mol. The van der Waals surface area contributed by atoms with Gasteiger partial charge in [-0.1, -0.05) is 13.8 Å². The zero-order valence-electron chi connectivity index (χ0n) is 13.1. The molecule has 2 bridgehead atoms. The molecule has 0 saturated carbocycles. The van der Waals surface area contributed by atoms with E-state index in [1.54, 1.807) is 0 Å². The van der Waals surface area contributed by atoms with Crippen LogP contribution >= 0.6 is 0 Å². The zero-order valence-corrected chi connectivity index (χ0v) is 13.1. The first-order valence-corrected chi connectivity index (χ1v) is 7.84. The van der Waals surface area contributed by atoms with Gasteiger partial charge in [-0.05, 0) is 12.8 Å². The van der Waals surface area contributed by atoms with Gasteiger partial charge in [0.15, 0.2) is 0 Å². The minimum Gasteiger partial charge on any atom is -0.341 e. The first-order valence-electron chi connectivity index (χ1n) is 7.84. The van der Waals surface area contributed by atoms with E-state index in [0.29, 0.717) is 17.9 Å². The summed E-state index contributed by atoms with van der Waals surface area (Å²) in [7, 11) is 1.95. The standard InChI is InChI=1S/C16H24N4O/c1-11(2)15-17-6-12(7-18-15)8-20-9-13-4-5-14(10-20)19(3)16(13)21/h6-7,11,13-14H,4-5,8-10H2,1-3H3/t13-,14+/m1/s1. The van der Waals surface area contributed by atoms with Gasteiger partial charge in [0.25, 0.3) is 0 Å². The Kier molecular flexibility index (Phi) is 3.93. The number of fused-ring (bicyclic) bond motifs is 4. The fraction of sp³-hybridized carbons (Fsp3) is 0.688. The Morgan fingerprint density at radius 3 is 2.62 bits per heavy atom. The van der Waals surface area contributed by atoms with E-state index in [4.69, 9.17) is 0 Å². The molecule has 114 valence electrons. The number of likely N-dealkylation sites (N-methyl/N-ethyl adjacent to an activating group) is 1. The van der Waals surface area contributed by atoms with Crippen molar-refractivity contribution in [1.29, 1.82) is 0 Å². The molecule has 5 nitrogen and oxygen atoms in total. The van der Waals surface area contributed by atoms with E-state index in [1.807, 2.05) is 24.3 Å². The fourth-order valence-electron chi connectivity index (χ4n) is 3.38. The van der Waals surface area contributed by atoms with Crippen molar-refractivity contribution in [2.45, 2.75) is 45.2 Å². The number of rotatable bonds is 3. The van der Waals surface area contributed by atoms with Crippen molar-refractivity contribution >= 4 is 5.91 Å². The molecule has 4 rings (SSSR count). The molecule has 1 amide bonds. The van der Waals surface area contributed by atoms with E-state index >= 15 is 0 Å². The minimum atomic E-state index is 0.171. The quantitative estimate of drug-likeness (QED) is 0.848. The van der Waals surface area contributed by atoms with Crippen molar-refractivity contribution in [1.82, 2.24) is 19.8 Å². The van der Waals surface area contributed by atoms with Crippen LogP contribution in [0.1, 0.15) is 44.0 Å². The summed E-state index contributed by atoms with van der Waals surface area (Å²) in [6.07, 6.45) is 6.03. The summed E-state index contributed by atoms with van der Waals surface area (Å²) in [5, 5.41) is 0. The van der Waals surface area contributed by atoms with Crippen LogP contribution < -0.4 is 0 Å². The van der Waals surface area contributed by atoms with Crippen LogP contribution in [0.2, 0.25) is 0 Å². The highest BCUT2D eigenvalue weighted by Crippen LogP contribution is 2.28. The van der Waals surface area contributed by atoms with Crippen molar-refractivity contribution in [2.24, 2.45) is 5.92 Å². The molecule has 0 N–H and O–H groups in total. The first kappa shape index (κ1) is 14.4. The average Bonchev–Trinajstić information content (AvgIpc) is 2.73. The molecule has 1 aromatic heterocycles. The second-order valence-electron chi connectivity index (χ2n) is 6.68. The summed E-state index contributed by atoms with van der Waals surface area (Å²) in [6, 6.07) is 0.368. The van der Waals surface area contributed by atoms with Gasteiger partial charge >= 0.3 is 0 Å². The highest BCUT2D eigenvalue weighted by molar-refractivity contribution is 5.80. The molecular formula is C16H24N4O. The van der Waals surface area contributed by atoms with Crippen molar-refractivity contribution in [2.75, 3.05) is 20.1 Å². The fourth-order valence-corrected chi connectivity index (χ4v) is 3.38. The van der Waals surface area contributed by atoms with Crippen molar-refractivity contribution in [3.05, 3.63) is 23.8 Å². The molecule has 21 heavy (non-hydrogen) atoms. The van der Waals surface area contributed by atoms with E-state index in [1.165, 1.54) is 0 Å². The molecule has 1 aromatic rings. The third-order valence-corrected chi connectivity index (χ3v) is 4.69. The summed E-state index contributed by atoms with van der Waals surface area (Å²) in [5.41, 5.74) is 1.14. The highest BCUT2D eigenvalue weighted by atomic mass is 16.2. The summed E-state index contributed by atoms with van der Waals surface area (Å²) in [5.74, 6) is 1.74. The maximum Gasteiger partial charge on any atom is 0.227 e. The summed E-state index contributed by atoms with van der Waals surface area (Å²) in [6.45, 7) is 6.87. The van der Waals surface area contributed by atoms with Crippen molar-refractivity contribution in [3.8, 4) is 0 Å². The van der Waals surface area contributed by atoms with E-state index < -0.39 is 0 Å². The molecule has 0 unspecified atom stereocenters. The lowest BCUT2D eigenvalue weighted by molar-refractivity contribution is -0.138. The molecule has 4 heterocycles. The summed E-state index contributed by atoms with van der Waals surface area (Å²) in [4.78, 5) is 25.4. The van der Waals surface area contributed by atoms with Gasteiger partial charge in [-0.3, -0.25) is 9.69 Å². The lowest BCUT2D eigenvalue weighted by Crippen LogP contribution is -2.45. The SMILES string of the molecule is CC(C)c1ncc(CN2C[C@H]3CC[C@@H](C2)N(C)C3=O)cn1. The topological polar surface area (TPSA) is 49.3 Å². The first-order chi connectivity index (χ1) is 10.0. The Morgan fingerprint density at radius 1 is 1.24 bits per heavy atom. The smallest absolute Gasteiger partial charge is 0.227 e. The van der Waals surface area contributed by atoms with Crippen molar-refractivity contribution < 1.29 is 4.79 Å². The van der Waals surface area contributed by atoms with Crippen LogP contribution in [-0.4, -0.2) is 51.9 Å². The van der Waals surface area contributed by atoms with Gasteiger partial charge in [0.05, 0.1) is 5.92 Å². The molecule has 0 radical (unpaired) electrons. The lowest BCUT2D eigenvalue weighted by Gasteiger charge is -2.32. The molecule has 5 heteroatoms.